The van der Waals surface area contributed by atoms with Crippen LogP contribution in [0.1, 0.15) is 27.0 Å². The molecule has 0 unspecified atom stereocenters. The van der Waals surface area contributed by atoms with Gasteiger partial charge in [-0.3, -0.25) is 0 Å². The van der Waals surface area contributed by atoms with Crippen LogP contribution < -0.4 is 5.32 Å². The van der Waals surface area contributed by atoms with E-state index >= 15 is 0 Å². The minimum atomic E-state index is -0.940. The number of carbonyl (C=O) groups is 1. The van der Waals surface area contributed by atoms with Gasteiger partial charge in [-0.15, -0.1) is 0 Å². The van der Waals surface area contributed by atoms with Crippen molar-refractivity contribution in [2.75, 3.05) is 5.32 Å². The molecule has 3 N–H and O–H groups in total. The Morgan fingerprint density at radius 3 is 2.55 bits per heavy atom. The molecule has 0 aliphatic heterocycles. The molecule has 0 aromatic heterocycles. The van der Waals surface area contributed by atoms with E-state index in [2.05, 4.69) is 5.32 Å². The second-order valence-electron chi connectivity index (χ2n) is 4.72. The summed E-state index contributed by atoms with van der Waals surface area (Å²) in [6, 6.07) is 10.7. The minimum absolute atomic E-state index is 0.270. The number of aryl methyl sites for hydroxylation is 1. The van der Waals surface area contributed by atoms with Gasteiger partial charge in [-0.05, 0) is 37.1 Å². The van der Waals surface area contributed by atoms with Gasteiger partial charge in [-0.25, -0.2) is 4.79 Å². The first kappa shape index (κ1) is 13.9. The number of benzene rings is 2. The van der Waals surface area contributed by atoms with E-state index in [9.17, 15) is 9.90 Å². The Morgan fingerprint density at radius 2 is 1.85 bits per heavy atom. The highest BCUT2D eigenvalue weighted by atomic mass is 16.4. The Balaban J connectivity index is 2.21. The lowest BCUT2D eigenvalue weighted by Gasteiger charge is -2.13. The number of phenols is 1. The van der Waals surface area contributed by atoms with E-state index in [4.69, 9.17) is 5.11 Å². The summed E-state index contributed by atoms with van der Waals surface area (Å²) in [6.07, 6.45) is 0. The number of anilines is 1. The van der Waals surface area contributed by atoms with E-state index in [1.54, 1.807) is 19.1 Å². The number of carboxylic acids is 1. The molecule has 0 saturated heterocycles. The highest BCUT2D eigenvalue weighted by molar-refractivity contribution is 5.91. The fourth-order valence-corrected chi connectivity index (χ4v) is 2.11. The van der Waals surface area contributed by atoms with Crippen molar-refractivity contribution in [2.45, 2.75) is 20.4 Å². The van der Waals surface area contributed by atoms with Gasteiger partial charge in [0.1, 0.15) is 5.75 Å². The van der Waals surface area contributed by atoms with Crippen LogP contribution in [0.4, 0.5) is 5.69 Å². The lowest BCUT2D eigenvalue weighted by molar-refractivity contribution is 0.0696. The molecule has 2 aromatic rings. The predicted molar refractivity (Wildman–Crippen MR) is 78.3 cm³/mol. The van der Waals surface area contributed by atoms with Gasteiger partial charge >= 0.3 is 5.97 Å². The Labute approximate surface area is 117 Å². The first-order valence-corrected chi connectivity index (χ1v) is 6.35. The average molecular weight is 271 g/mol. The van der Waals surface area contributed by atoms with Crippen LogP contribution in [-0.2, 0) is 6.54 Å². The van der Waals surface area contributed by atoms with Crippen molar-refractivity contribution >= 4 is 11.7 Å². The average Bonchev–Trinajstić information content (AvgIpc) is 2.41. The summed E-state index contributed by atoms with van der Waals surface area (Å²) < 4.78 is 0. The van der Waals surface area contributed by atoms with Gasteiger partial charge in [0.25, 0.3) is 0 Å². The minimum Gasteiger partial charge on any atom is -0.507 e. The molecule has 104 valence electrons. The molecular weight excluding hydrogens is 254 g/mol. The smallest absolute Gasteiger partial charge is 0.336 e. The van der Waals surface area contributed by atoms with Crippen molar-refractivity contribution < 1.29 is 15.0 Å². The van der Waals surface area contributed by atoms with Crippen molar-refractivity contribution in [1.82, 2.24) is 0 Å². The summed E-state index contributed by atoms with van der Waals surface area (Å²) in [5.74, 6) is -0.670. The molecule has 0 saturated carbocycles. The Bertz CT molecular complexity index is 650. The van der Waals surface area contributed by atoms with Crippen LogP contribution in [0.2, 0.25) is 0 Å². The molecule has 0 heterocycles. The molecule has 20 heavy (non-hydrogen) atoms. The number of nitrogens with one attached hydrogen (secondary N) is 1. The second kappa shape index (κ2) is 5.65. The molecule has 2 aromatic carbocycles. The number of para-hydroxylation sites is 1. The maximum atomic E-state index is 11.1. The number of aromatic hydroxyl groups is 1. The van der Waals surface area contributed by atoms with Crippen LogP contribution in [-0.4, -0.2) is 16.2 Å². The third-order valence-corrected chi connectivity index (χ3v) is 3.35. The third-order valence-electron chi connectivity index (χ3n) is 3.35. The summed E-state index contributed by atoms with van der Waals surface area (Å²) in [5, 5.41) is 22.2. The summed E-state index contributed by atoms with van der Waals surface area (Å²) in [6.45, 7) is 4.05. The topological polar surface area (TPSA) is 69.6 Å². The van der Waals surface area contributed by atoms with Crippen molar-refractivity contribution in [2.24, 2.45) is 0 Å². The molecule has 0 fully saturated rings. The zero-order chi connectivity index (χ0) is 14.7. The number of carboxylic acid groups (broad SMARTS) is 1. The second-order valence-corrected chi connectivity index (χ2v) is 4.72. The maximum absolute atomic E-state index is 11.1. The fourth-order valence-electron chi connectivity index (χ4n) is 2.11. The number of phenolic OH excluding ortho intramolecular Hbond substituents is 1. The van der Waals surface area contributed by atoms with Crippen LogP contribution in [0.3, 0.4) is 0 Å². The van der Waals surface area contributed by atoms with Crippen molar-refractivity contribution in [3.63, 3.8) is 0 Å². The lowest BCUT2D eigenvalue weighted by atomic mass is 10.1. The molecule has 0 spiro atoms. The molecular formula is C16H17NO3. The van der Waals surface area contributed by atoms with Crippen LogP contribution in [0, 0.1) is 13.8 Å². The zero-order valence-corrected chi connectivity index (χ0v) is 11.5. The number of aromatic carboxylic acids is 1. The predicted octanol–water partition coefficient (Wildman–Crippen LogP) is 3.32. The SMILES string of the molecule is Cc1cccc(CNc2cccc(C(=O)O)c2C)c1O. The molecule has 0 amide bonds. The van der Waals surface area contributed by atoms with E-state index in [0.29, 0.717) is 12.1 Å². The molecule has 0 atom stereocenters. The van der Waals surface area contributed by atoms with Gasteiger partial charge in [-0.2, -0.15) is 0 Å². The van der Waals surface area contributed by atoms with Crippen molar-refractivity contribution in [3.8, 4) is 5.75 Å². The summed E-state index contributed by atoms with van der Waals surface area (Å²) >= 11 is 0. The van der Waals surface area contributed by atoms with Crippen LogP contribution in [0.15, 0.2) is 36.4 Å². The van der Waals surface area contributed by atoms with Crippen LogP contribution in [0.5, 0.6) is 5.75 Å². The number of rotatable bonds is 4. The molecule has 0 aliphatic rings. The first-order chi connectivity index (χ1) is 9.50. The van der Waals surface area contributed by atoms with E-state index in [1.165, 1.54) is 0 Å². The van der Waals surface area contributed by atoms with Gasteiger partial charge in [0.2, 0.25) is 0 Å². The van der Waals surface area contributed by atoms with Gasteiger partial charge in [0.05, 0.1) is 5.56 Å². The first-order valence-electron chi connectivity index (χ1n) is 6.35. The lowest BCUT2D eigenvalue weighted by Crippen LogP contribution is -2.06. The molecule has 0 aliphatic carbocycles. The highest BCUT2D eigenvalue weighted by Crippen LogP contribution is 2.24. The highest BCUT2D eigenvalue weighted by Gasteiger charge is 2.10. The molecule has 2 rings (SSSR count). The van der Waals surface area contributed by atoms with Crippen LogP contribution in [0.25, 0.3) is 0 Å². The van der Waals surface area contributed by atoms with E-state index in [-0.39, 0.29) is 11.3 Å². The van der Waals surface area contributed by atoms with Crippen molar-refractivity contribution in [1.29, 1.82) is 0 Å². The van der Waals surface area contributed by atoms with Gasteiger partial charge < -0.3 is 15.5 Å². The molecule has 4 heteroatoms. The standard InChI is InChI=1S/C16H17NO3/c1-10-5-3-6-12(15(10)18)9-17-14-8-4-7-13(11(14)2)16(19)20/h3-8,17-18H,9H2,1-2H3,(H,19,20). The monoisotopic (exact) mass is 271 g/mol. The van der Waals surface area contributed by atoms with E-state index in [1.807, 2.05) is 31.2 Å². The van der Waals surface area contributed by atoms with Gasteiger partial charge in [0.15, 0.2) is 0 Å². The zero-order valence-electron chi connectivity index (χ0n) is 11.5. The largest absolute Gasteiger partial charge is 0.507 e. The number of hydrogen-bond donors (Lipinski definition) is 3. The van der Waals surface area contributed by atoms with E-state index in [0.717, 1.165) is 16.8 Å². The third kappa shape index (κ3) is 2.74. The van der Waals surface area contributed by atoms with Gasteiger partial charge in [-0.1, -0.05) is 24.3 Å². The van der Waals surface area contributed by atoms with Gasteiger partial charge in [0, 0.05) is 17.8 Å². The Hall–Kier alpha value is -2.49. The quantitative estimate of drug-likeness (QED) is 0.798. The molecule has 0 bridgehead atoms. The maximum Gasteiger partial charge on any atom is 0.336 e. The molecule has 4 nitrogen and oxygen atoms in total. The summed E-state index contributed by atoms with van der Waals surface area (Å²) in [5.41, 5.74) is 3.33. The van der Waals surface area contributed by atoms with Crippen molar-refractivity contribution in [3.05, 3.63) is 58.7 Å². The molecule has 0 radical (unpaired) electrons. The fraction of sp³-hybridized carbons (Fsp3) is 0.188. The number of hydrogen-bond acceptors (Lipinski definition) is 3. The Morgan fingerprint density at radius 1 is 1.15 bits per heavy atom. The Kier molecular flexibility index (Phi) is 3.94. The van der Waals surface area contributed by atoms with E-state index < -0.39 is 5.97 Å². The van der Waals surface area contributed by atoms with Crippen LogP contribution >= 0.6 is 0 Å². The summed E-state index contributed by atoms with van der Waals surface area (Å²) in [7, 11) is 0. The summed E-state index contributed by atoms with van der Waals surface area (Å²) in [4.78, 5) is 11.1. The normalized spacial score (nSPS) is 10.3.